The minimum absolute atomic E-state index is 0.248. The summed E-state index contributed by atoms with van der Waals surface area (Å²) in [6.07, 6.45) is 3.84. The molecule has 0 saturated heterocycles. The Morgan fingerprint density at radius 2 is 1.64 bits per heavy atom. The molecule has 1 aliphatic rings. The summed E-state index contributed by atoms with van der Waals surface area (Å²) in [5, 5.41) is 9.71. The van der Waals surface area contributed by atoms with Gasteiger partial charge in [-0.05, 0) is 31.2 Å². The van der Waals surface area contributed by atoms with E-state index in [9.17, 15) is 5.26 Å². The topological polar surface area (TPSA) is 90.4 Å². The fourth-order valence-electron chi connectivity index (χ4n) is 3.40. The van der Waals surface area contributed by atoms with E-state index in [0.29, 0.717) is 22.8 Å². The van der Waals surface area contributed by atoms with Crippen molar-refractivity contribution < 1.29 is 14.2 Å². The van der Waals surface area contributed by atoms with Crippen molar-refractivity contribution in [2.24, 2.45) is 0 Å². The second-order valence-electron chi connectivity index (χ2n) is 5.90. The normalized spacial score (nSPS) is 12.9. The molecular formula is C19H21N3O3. The van der Waals surface area contributed by atoms with E-state index >= 15 is 0 Å². The zero-order chi connectivity index (χ0) is 18.0. The van der Waals surface area contributed by atoms with E-state index < -0.39 is 0 Å². The standard InChI is InChI=1S/C19H21N3O3/c1-23-11-8-15(24-2)18(16(9-11)25-3)17-12-6-4-5-7-14(12)22-19(21)13(17)10-20/h8-9H,4-7H2,1-3H3,(H2,21,22). The van der Waals surface area contributed by atoms with Crippen molar-refractivity contribution in [3.63, 3.8) is 0 Å². The van der Waals surface area contributed by atoms with E-state index in [2.05, 4.69) is 11.1 Å². The van der Waals surface area contributed by atoms with Crippen LogP contribution in [0.15, 0.2) is 12.1 Å². The number of nitriles is 1. The van der Waals surface area contributed by atoms with Crippen molar-refractivity contribution in [1.29, 1.82) is 5.26 Å². The van der Waals surface area contributed by atoms with Crippen LogP contribution in [-0.4, -0.2) is 26.3 Å². The average Bonchev–Trinajstić information content (AvgIpc) is 2.65. The Hall–Kier alpha value is -2.94. The van der Waals surface area contributed by atoms with Crippen molar-refractivity contribution in [3.05, 3.63) is 29.0 Å². The highest BCUT2D eigenvalue weighted by atomic mass is 16.5. The average molecular weight is 339 g/mol. The minimum atomic E-state index is 0.248. The molecule has 3 rings (SSSR count). The van der Waals surface area contributed by atoms with Crippen LogP contribution in [-0.2, 0) is 12.8 Å². The first-order valence-electron chi connectivity index (χ1n) is 8.16. The Morgan fingerprint density at radius 1 is 1.00 bits per heavy atom. The van der Waals surface area contributed by atoms with Crippen LogP contribution in [0.2, 0.25) is 0 Å². The van der Waals surface area contributed by atoms with Gasteiger partial charge in [0.05, 0.1) is 26.9 Å². The summed E-state index contributed by atoms with van der Waals surface area (Å²) >= 11 is 0. The summed E-state index contributed by atoms with van der Waals surface area (Å²) in [6, 6.07) is 5.78. The first kappa shape index (κ1) is 16.9. The van der Waals surface area contributed by atoms with Crippen molar-refractivity contribution in [3.8, 4) is 34.4 Å². The van der Waals surface area contributed by atoms with E-state index in [1.807, 2.05) is 0 Å². The monoisotopic (exact) mass is 339 g/mol. The molecule has 0 aliphatic heterocycles. The second-order valence-corrected chi connectivity index (χ2v) is 5.90. The van der Waals surface area contributed by atoms with Gasteiger partial charge >= 0.3 is 0 Å². The molecule has 25 heavy (non-hydrogen) atoms. The summed E-state index contributed by atoms with van der Waals surface area (Å²) in [6.45, 7) is 0. The van der Waals surface area contributed by atoms with Gasteiger partial charge in [-0.3, -0.25) is 0 Å². The number of ether oxygens (including phenoxy) is 3. The quantitative estimate of drug-likeness (QED) is 0.920. The van der Waals surface area contributed by atoms with Gasteiger partial charge in [-0.25, -0.2) is 4.98 Å². The largest absolute Gasteiger partial charge is 0.496 e. The van der Waals surface area contributed by atoms with Crippen LogP contribution in [0.4, 0.5) is 5.82 Å². The van der Waals surface area contributed by atoms with Crippen LogP contribution in [0.1, 0.15) is 29.7 Å². The van der Waals surface area contributed by atoms with E-state index in [1.54, 1.807) is 33.5 Å². The number of fused-ring (bicyclic) bond motifs is 1. The van der Waals surface area contributed by atoms with Crippen molar-refractivity contribution in [2.75, 3.05) is 27.1 Å². The molecule has 0 bridgehead atoms. The molecule has 6 heteroatoms. The lowest BCUT2D eigenvalue weighted by Gasteiger charge is -2.23. The lowest BCUT2D eigenvalue weighted by atomic mass is 9.86. The van der Waals surface area contributed by atoms with Gasteiger partial charge in [0.1, 0.15) is 34.7 Å². The van der Waals surface area contributed by atoms with E-state index in [0.717, 1.165) is 48.1 Å². The predicted molar refractivity (Wildman–Crippen MR) is 95.1 cm³/mol. The molecule has 130 valence electrons. The van der Waals surface area contributed by atoms with Gasteiger partial charge in [-0.2, -0.15) is 5.26 Å². The zero-order valence-corrected chi connectivity index (χ0v) is 14.7. The number of methoxy groups -OCH3 is 3. The molecule has 0 atom stereocenters. The van der Waals surface area contributed by atoms with Crippen LogP contribution in [0.5, 0.6) is 17.2 Å². The van der Waals surface area contributed by atoms with Gasteiger partial charge in [-0.1, -0.05) is 0 Å². The molecule has 1 aliphatic carbocycles. The fraction of sp³-hybridized carbons (Fsp3) is 0.368. The van der Waals surface area contributed by atoms with Crippen LogP contribution in [0, 0.1) is 11.3 Å². The third-order valence-corrected chi connectivity index (χ3v) is 4.58. The molecule has 0 fully saturated rings. The number of nitrogens with zero attached hydrogens (tertiary/aromatic N) is 2. The maximum absolute atomic E-state index is 9.71. The Bertz CT molecular complexity index is 831. The number of nitrogen functional groups attached to an aromatic ring is 1. The second kappa shape index (κ2) is 6.89. The van der Waals surface area contributed by atoms with Crippen molar-refractivity contribution in [1.82, 2.24) is 4.98 Å². The van der Waals surface area contributed by atoms with Gasteiger partial charge < -0.3 is 19.9 Å². The van der Waals surface area contributed by atoms with Gasteiger partial charge in [0.2, 0.25) is 0 Å². The molecule has 0 spiro atoms. The molecule has 6 nitrogen and oxygen atoms in total. The fourth-order valence-corrected chi connectivity index (χ4v) is 3.40. The van der Waals surface area contributed by atoms with E-state index in [4.69, 9.17) is 19.9 Å². The minimum Gasteiger partial charge on any atom is -0.496 e. The van der Waals surface area contributed by atoms with Gasteiger partial charge in [0.15, 0.2) is 0 Å². The van der Waals surface area contributed by atoms with Crippen LogP contribution in [0.3, 0.4) is 0 Å². The molecule has 2 N–H and O–H groups in total. The van der Waals surface area contributed by atoms with Gasteiger partial charge in [-0.15, -0.1) is 0 Å². The summed E-state index contributed by atoms with van der Waals surface area (Å²) in [7, 11) is 4.75. The Kier molecular flexibility index (Phi) is 4.66. The van der Waals surface area contributed by atoms with Crippen LogP contribution >= 0.6 is 0 Å². The Balaban J connectivity index is 2.40. The number of aryl methyl sites for hydroxylation is 1. The van der Waals surface area contributed by atoms with Crippen molar-refractivity contribution in [2.45, 2.75) is 25.7 Å². The van der Waals surface area contributed by atoms with E-state index in [1.165, 1.54) is 0 Å². The Morgan fingerprint density at radius 3 is 2.20 bits per heavy atom. The van der Waals surface area contributed by atoms with E-state index in [-0.39, 0.29) is 5.82 Å². The number of nitrogens with two attached hydrogens (primary N) is 1. The van der Waals surface area contributed by atoms with Crippen LogP contribution < -0.4 is 19.9 Å². The first-order valence-corrected chi connectivity index (χ1v) is 8.16. The SMILES string of the molecule is COc1cc(OC)c(-c2c(C#N)c(N)nc3c2CCCC3)c(OC)c1. The predicted octanol–water partition coefficient (Wildman–Crippen LogP) is 3.11. The van der Waals surface area contributed by atoms with Crippen molar-refractivity contribution >= 4 is 5.82 Å². The number of rotatable bonds is 4. The molecule has 1 aromatic heterocycles. The Labute approximate surface area is 147 Å². The third kappa shape index (κ3) is 2.82. The summed E-state index contributed by atoms with van der Waals surface area (Å²) in [4.78, 5) is 4.46. The molecule has 1 heterocycles. The van der Waals surface area contributed by atoms with Gasteiger partial charge in [0.25, 0.3) is 0 Å². The molecule has 0 amide bonds. The summed E-state index contributed by atoms with van der Waals surface area (Å²) in [5.74, 6) is 2.02. The molecule has 0 radical (unpaired) electrons. The zero-order valence-electron chi connectivity index (χ0n) is 14.7. The highest BCUT2D eigenvalue weighted by Gasteiger charge is 2.27. The summed E-state index contributed by atoms with van der Waals surface area (Å²) < 4.78 is 16.5. The third-order valence-electron chi connectivity index (χ3n) is 4.58. The summed E-state index contributed by atoms with van der Waals surface area (Å²) in [5.41, 5.74) is 9.95. The molecule has 0 unspecified atom stereocenters. The lowest BCUT2D eigenvalue weighted by Crippen LogP contribution is -2.12. The number of hydrogen-bond donors (Lipinski definition) is 1. The highest BCUT2D eigenvalue weighted by Crippen LogP contribution is 2.46. The number of pyridine rings is 1. The lowest BCUT2D eigenvalue weighted by molar-refractivity contribution is 0.377. The first-order chi connectivity index (χ1) is 12.1. The number of benzene rings is 1. The molecule has 1 aromatic carbocycles. The maximum Gasteiger partial charge on any atom is 0.142 e. The molecule has 2 aromatic rings. The maximum atomic E-state index is 9.71. The number of hydrogen-bond acceptors (Lipinski definition) is 6. The molecule has 0 saturated carbocycles. The highest BCUT2D eigenvalue weighted by molar-refractivity contribution is 5.87. The molecular weight excluding hydrogens is 318 g/mol. The van der Waals surface area contributed by atoms with Gasteiger partial charge in [0, 0.05) is 23.4 Å². The smallest absolute Gasteiger partial charge is 0.142 e. The number of aromatic nitrogens is 1. The number of anilines is 1. The van der Waals surface area contributed by atoms with Crippen LogP contribution in [0.25, 0.3) is 11.1 Å².